The lowest BCUT2D eigenvalue weighted by Gasteiger charge is -2.31. The first-order valence-corrected chi connectivity index (χ1v) is 10.5. The van der Waals surface area contributed by atoms with Gasteiger partial charge in [-0.25, -0.2) is 0 Å². The number of imide groups is 1. The highest BCUT2D eigenvalue weighted by Gasteiger charge is 2.35. The zero-order chi connectivity index (χ0) is 22.0. The predicted molar refractivity (Wildman–Crippen MR) is 112 cm³/mol. The molecule has 0 N–H and O–H groups in total. The molecule has 2 aliphatic rings. The number of benzene rings is 2. The lowest BCUT2D eigenvalue weighted by Crippen LogP contribution is -2.42. The van der Waals surface area contributed by atoms with E-state index in [1.54, 1.807) is 60.4 Å². The molecule has 3 amide bonds. The number of nitrogens with zero attached hydrogens (tertiary/aromatic N) is 2. The molecule has 160 valence electrons. The van der Waals surface area contributed by atoms with E-state index in [0.717, 1.165) is 6.42 Å². The molecule has 0 radical (unpaired) electrons. The molecule has 7 heteroatoms. The Morgan fingerprint density at radius 2 is 1.74 bits per heavy atom. The summed E-state index contributed by atoms with van der Waals surface area (Å²) >= 11 is 0. The molecule has 1 saturated heterocycles. The summed E-state index contributed by atoms with van der Waals surface area (Å²) in [5.74, 6) is -1.40. The van der Waals surface area contributed by atoms with Crippen molar-refractivity contribution in [2.45, 2.75) is 26.3 Å². The van der Waals surface area contributed by atoms with Crippen LogP contribution in [0.3, 0.4) is 0 Å². The summed E-state index contributed by atoms with van der Waals surface area (Å²) in [6, 6.07) is 13.7. The van der Waals surface area contributed by atoms with Crippen molar-refractivity contribution < 1.29 is 23.9 Å². The third-order valence-electron chi connectivity index (χ3n) is 5.72. The van der Waals surface area contributed by atoms with E-state index < -0.39 is 0 Å². The second-order valence-corrected chi connectivity index (χ2v) is 7.78. The zero-order valence-electron chi connectivity index (χ0n) is 17.4. The van der Waals surface area contributed by atoms with Crippen molar-refractivity contribution in [2.75, 3.05) is 19.7 Å². The first-order chi connectivity index (χ1) is 15.0. The Bertz CT molecular complexity index is 1010. The summed E-state index contributed by atoms with van der Waals surface area (Å²) in [7, 11) is 0. The Morgan fingerprint density at radius 1 is 1.03 bits per heavy atom. The molecule has 0 unspecified atom stereocenters. The van der Waals surface area contributed by atoms with E-state index in [2.05, 4.69) is 0 Å². The number of rotatable bonds is 5. The molecule has 2 aromatic carbocycles. The molecule has 2 heterocycles. The highest BCUT2D eigenvalue weighted by molar-refractivity contribution is 6.21. The van der Waals surface area contributed by atoms with Crippen molar-refractivity contribution in [3.05, 3.63) is 70.8 Å². The third-order valence-corrected chi connectivity index (χ3v) is 5.72. The van der Waals surface area contributed by atoms with E-state index in [1.807, 2.05) is 0 Å². The SMILES string of the molecule is CCOC(=O)[C@@H]1CCCN(C(=O)c2cccc(CN3C(=O)c4ccccc4C3=O)c2)C1. The Morgan fingerprint density at radius 3 is 2.42 bits per heavy atom. The fourth-order valence-corrected chi connectivity index (χ4v) is 4.16. The van der Waals surface area contributed by atoms with Gasteiger partial charge in [0.2, 0.25) is 0 Å². The van der Waals surface area contributed by atoms with Gasteiger partial charge in [-0.15, -0.1) is 0 Å². The second-order valence-electron chi connectivity index (χ2n) is 7.78. The molecule has 0 bridgehead atoms. The predicted octanol–water partition coefficient (Wildman–Crippen LogP) is 2.90. The number of fused-ring (bicyclic) bond motifs is 1. The van der Waals surface area contributed by atoms with Gasteiger partial charge >= 0.3 is 5.97 Å². The number of ether oxygens (including phenoxy) is 1. The van der Waals surface area contributed by atoms with Crippen molar-refractivity contribution in [1.82, 2.24) is 9.80 Å². The fraction of sp³-hybridized carbons (Fsp3) is 0.333. The lowest BCUT2D eigenvalue weighted by atomic mass is 9.97. The maximum Gasteiger partial charge on any atom is 0.310 e. The van der Waals surface area contributed by atoms with Crippen molar-refractivity contribution in [3.8, 4) is 0 Å². The molecular weight excluding hydrogens is 396 g/mol. The van der Waals surface area contributed by atoms with Crippen LogP contribution < -0.4 is 0 Å². The Hall–Kier alpha value is -3.48. The topological polar surface area (TPSA) is 84.0 Å². The number of esters is 1. The smallest absolute Gasteiger partial charge is 0.310 e. The standard InChI is InChI=1S/C24H24N2O5/c1-2-31-24(30)18-9-6-12-25(15-18)21(27)17-8-5-7-16(13-17)14-26-22(28)19-10-3-4-11-20(19)23(26)29/h3-5,7-8,10-11,13,18H,2,6,9,12,14-15H2,1H3/t18-/m1/s1. The Labute approximate surface area is 180 Å². The van der Waals surface area contributed by atoms with Gasteiger partial charge in [0.1, 0.15) is 0 Å². The van der Waals surface area contributed by atoms with Crippen LogP contribution in [0, 0.1) is 5.92 Å². The summed E-state index contributed by atoms with van der Waals surface area (Å²) in [6.45, 7) is 3.10. The molecule has 2 aromatic rings. The average Bonchev–Trinajstić information content (AvgIpc) is 3.04. The lowest BCUT2D eigenvalue weighted by molar-refractivity contribution is -0.149. The molecule has 0 saturated carbocycles. The average molecular weight is 420 g/mol. The van der Waals surface area contributed by atoms with Gasteiger partial charge in [0.05, 0.1) is 30.2 Å². The summed E-state index contributed by atoms with van der Waals surface area (Å²) in [5.41, 5.74) is 1.97. The minimum Gasteiger partial charge on any atom is -0.466 e. The minimum absolute atomic E-state index is 0.0961. The number of amides is 3. The second kappa shape index (κ2) is 8.71. The number of hydrogen-bond donors (Lipinski definition) is 0. The van der Waals surface area contributed by atoms with E-state index in [9.17, 15) is 19.2 Å². The minimum atomic E-state index is -0.328. The molecule has 0 spiro atoms. The van der Waals surface area contributed by atoms with E-state index in [0.29, 0.717) is 48.4 Å². The number of piperidine rings is 1. The number of carbonyl (C=O) groups excluding carboxylic acids is 4. The normalized spacial score (nSPS) is 18.2. The summed E-state index contributed by atoms with van der Waals surface area (Å²) < 4.78 is 5.11. The van der Waals surface area contributed by atoms with Gasteiger partial charge < -0.3 is 9.64 Å². The van der Waals surface area contributed by atoms with Crippen molar-refractivity contribution in [2.24, 2.45) is 5.92 Å². The third kappa shape index (κ3) is 4.08. The highest BCUT2D eigenvalue weighted by atomic mass is 16.5. The van der Waals surface area contributed by atoms with Crippen LogP contribution >= 0.6 is 0 Å². The van der Waals surface area contributed by atoms with Crippen LogP contribution in [0.5, 0.6) is 0 Å². The summed E-state index contributed by atoms with van der Waals surface area (Å²) in [5, 5.41) is 0. The quantitative estimate of drug-likeness (QED) is 0.549. The molecular formula is C24H24N2O5. The molecule has 1 fully saturated rings. The van der Waals surface area contributed by atoms with Crippen LogP contribution in [-0.4, -0.2) is 53.2 Å². The van der Waals surface area contributed by atoms with Crippen LogP contribution in [0.15, 0.2) is 48.5 Å². The van der Waals surface area contributed by atoms with Crippen LogP contribution in [0.25, 0.3) is 0 Å². The molecule has 4 rings (SSSR count). The first kappa shape index (κ1) is 20.8. The van der Waals surface area contributed by atoms with Gasteiger partial charge in [-0.05, 0) is 49.6 Å². The van der Waals surface area contributed by atoms with Gasteiger partial charge in [0.15, 0.2) is 0 Å². The van der Waals surface area contributed by atoms with Gasteiger partial charge in [-0.2, -0.15) is 0 Å². The largest absolute Gasteiger partial charge is 0.466 e. The van der Waals surface area contributed by atoms with Gasteiger partial charge in [0, 0.05) is 18.7 Å². The maximum absolute atomic E-state index is 13.0. The van der Waals surface area contributed by atoms with Gasteiger partial charge in [-0.3, -0.25) is 24.1 Å². The van der Waals surface area contributed by atoms with Crippen LogP contribution in [0.2, 0.25) is 0 Å². The number of likely N-dealkylation sites (tertiary alicyclic amines) is 1. The van der Waals surface area contributed by atoms with Crippen molar-refractivity contribution in [1.29, 1.82) is 0 Å². The Kier molecular flexibility index (Phi) is 5.84. The van der Waals surface area contributed by atoms with Crippen LogP contribution in [0.1, 0.15) is 56.4 Å². The molecule has 0 aromatic heterocycles. The van der Waals surface area contributed by atoms with Crippen molar-refractivity contribution in [3.63, 3.8) is 0 Å². The summed E-state index contributed by atoms with van der Waals surface area (Å²) in [4.78, 5) is 53.2. The summed E-state index contributed by atoms with van der Waals surface area (Å²) in [6.07, 6.45) is 1.45. The molecule has 31 heavy (non-hydrogen) atoms. The van der Waals surface area contributed by atoms with Gasteiger partial charge in [-0.1, -0.05) is 24.3 Å². The first-order valence-electron chi connectivity index (χ1n) is 10.5. The number of carbonyl (C=O) groups is 4. The monoisotopic (exact) mass is 420 g/mol. The maximum atomic E-state index is 13.0. The van der Waals surface area contributed by atoms with Crippen LogP contribution in [-0.2, 0) is 16.1 Å². The Balaban J connectivity index is 1.47. The molecule has 1 atom stereocenters. The van der Waals surface area contributed by atoms with E-state index in [4.69, 9.17) is 4.74 Å². The zero-order valence-corrected chi connectivity index (χ0v) is 17.4. The van der Waals surface area contributed by atoms with Crippen molar-refractivity contribution >= 4 is 23.7 Å². The van der Waals surface area contributed by atoms with Crippen LogP contribution in [0.4, 0.5) is 0 Å². The molecule has 2 aliphatic heterocycles. The molecule has 7 nitrogen and oxygen atoms in total. The number of hydrogen-bond acceptors (Lipinski definition) is 5. The van der Waals surface area contributed by atoms with Gasteiger partial charge in [0.25, 0.3) is 17.7 Å². The van der Waals surface area contributed by atoms with E-state index >= 15 is 0 Å². The molecule has 0 aliphatic carbocycles. The highest BCUT2D eigenvalue weighted by Crippen LogP contribution is 2.25. The van der Waals surface area contributed by atoms with E-state index in [-0.39, 0.29) is 36.2 Å². The van der Waals surface area contributed by atoms with E-state index in [1.165, 1.54) is 4.90 Å². The fourth-order valence-electron chi connectivity index (χ4n) is 4.16.